The normalized spacial score (nSPS) is 20.5. The van der Waals surface area contributed by atoms with Crippen LogP contribution < -0.4 is 5.32 Å². The van der Waals surface area contributed by atoms with Gasteiger partial charge in [-0.25, -0.2) is 0 Å². The summed E-state index contributed by atoms with van der Waals surface area (Å²) >= 11 is 5.94. The number of halogens is 1. The number of piperidine rings is 1. The molecule has 2 saturated heterocycles. The number of carbonyl (C=O) groups is 1. The van der Waals surface area contributed by atoms with Crippen LogP contribution in [0.2, 0.25) is 5.02 Å². The Bertz CT molecular complexity index is 819. The lowest BCUT2D eigenvalue weighted by atomic mass is 9.97. The van der Waals surface area contributed by atoms with Gasteiger partial charge in [-0.3, -0.25) is 9.69 Å². The highest BCUT2D eigenvalue weighted by Gasteiger charge is 2.26. The van der Waals surface area contributed by atoms with Crippen LogP contribution in [0.4, 0.5) is 0 Å². The van der Waals surface area contributed by atoms with E-state index < -0.39 is 0 Å². The highest BCUT2D eigenvalue weighted by atomic mass is 35.5. The van der Waals surface area contributed by atoms with Crippen LogP contribution in [0.25, 0.3) is 11.4 Å². The summed E-state index contributed by atoms with van der Waals surface area (Å²) in [6.07, 6.45) is 5.59. The molecule has 2 aliphatic rings. The number of amides is 1. The molecular formula is C22H30ClN5O2. The Balaban J connectivity index is 1.22. The Kier molecular flexibility index (Phi) is 7.36. The minimum atomic E-state index is 0.0317. The summed E-state index contributed by atoms with van der Waals surface area (Å²) < 4.78 is 5.43. The van der Waals surface area contributed by atoms with Crippen molar-refractivity contribution in [2.45, 2.75) is 38.6 Å². The van der Waals surface area contributed by atoms with Crippen molar-refractivity contribution in [1.29, 1.82) is 0 Å². The van der Waals surface area contributed by atoms with E-state index in [9.17, 15) is 4.79 Å². The van der Waals surface area contributed by atoms with Crippen molar-refractivity contribution >= 4 is 17.5 Å². The van der Waals surface area contributed by atoms with Crippen molar-refractivity contribution in [3.63, 3.8) is 0 Å². The summed E-state index contributed by atoms with van der Waals surface area (Å²) in [6.45, 7) is 6.51. The molecule has 4 rings (SSSR count). The minimum absolute atomic E-state index is 0.0317. The third kappa shape index (κ3) is 5.80. The number of nitrogens with zero attached hydrogens (tertiary/aromatic N) is 4. The first kappa shape index (κ1) is 21.3. The molecule has 0 spiro atoms. The van der Waals surface area contributed by atoms with Crippen molar-refractivity contribution < 1.29 is 9.32 Å². The molecule has 7 nitrogen and oxygen atoms in total. The van der Waals surface area contributed by atoms with E-state index >= 15 is 0 Å². The molecule has 0 bridgehead atoms. The van der Waals surface area contributed by atoms with Crippen molar-refractivity contribution in [3.8, 4) is 11.4 Å². The first-order chi connectivity index (χ1) is 14.7. The molecule has 1 unspecified atom stereocenters. The summed E-state index contributed by atoms with van der Waals surface area (Å²) in [6, 6.07) is 7.38. The van der Waals surface area contributed by atoms with Gasteiger partial charge in [-0.15, -0.1) is 0 Å². The zero-order chi connectivity index (χ0) is 20.8. The topological polar surface area (TPSA) is 74.5 Å². The van der Waals surface area contributed by atoms with Crippen molar-refractivity contribution in [2.75, 3.05) is 39.3 Å². The van der Waals surface area contributed by atoms with E-state index in [2.05, 4.69) is 25.3 Å². The van der Waals surface area contributed by atoms with E-state index in [1.54, 1.807) is 0 Å². The van der Waals surface area contributed by atoms with Crippen molar-refractivity contribution in [1.82, 2.24) is 25.3 Å². The maximum absolute atomic E-state index is 12.6. The van der Waals surface area contributed by atoms with Crippen LogP contribution in [-0.2, 0) is 11.3 Å². The van der Waals surface area contributed by atoms with Crippen LogP contribution in [0.3, 0.4) is 0 Å². The number of aromatic nitrogens is 2. The third-order valence-corrected chi connectivity index (χ3v) is 6.21. The first-order valence-corrected chi connectivity index (χ1v) is 11.4. The number of rotatable bonds is 8. The SMILES string of the molecule is O=C(NCCCN1CCCC1)C1CCCN(Cc2nc(-c3ccc(Cl)cc3)no2)C1. The van der Waals surface area contributed by atoms with Crippen LogP contribution in [0.15, 0.2) is 28.8 Å². The predicted molar refractivity (Wildman–Crippen MR) is 116 cm³/mol. The average molecular weight is 432 g/mol. The Hall–Kier alpha value is -1.96. The lowest BCUT2D eigenvalue weighted by molar-refractivity contribution is -0.126. The van der Waals surface area contributed by atoms with Gasteiger partial charge >= 0.3 is 0 Å². The van der Waals surface area contributed by atoms with Gasteiger partial charge in [-0.2, -0.15) is 4.98 Å². The van der Waals surface area contributed by atoms with E-state index in [1.165, 1.54) is 25.9 Å². The number of benzene rings is 1. The fraction of sp³-hybridized carbons (Fsp3) is 0.591. The summed E-state index contributed by atoms with van der Waals surface area (Å²) in [5.41, 5.74) is 0.874. The highest BCUT2D eigenvalue weighted by Crippen LogP contribution is 2.21. The Morgan fingerprint density at radius 3 is 2.70 bits per heavy atom. The van der Waals surface area contributed by atoms with E-state index in [4.69, 9.17) is 16.1 Å². The van der Waals surface area contributed by atoms with Gasteiger partial charge in [0, 0.05) is 23.7 Å². The van der Waals surface area contributed by atoms with Crippen molar-refractivity contribution in [3.05, 3.63) is 35.2 Å². The summed E-state index contributed by atoms with van der Waals surface area (Å²) in [5.74, 6) is 1.34. The van der Waals surface area contributed by atoms with Gasteiger partial charge < -0.3 is 14.7 Å². The minimum Gasteiger partial charge on any atom is -0.356 e. The lowest BCUT2D eigenvalue weighted by Gasteiger charge is -2.30. The molecule has 162 valence electrons. The molecule has 1 aromatic heterocycles. The molecule has 2 aromatic rings. The second-order valence-electron chi connectivity index (χ2n) is 8.29. The molecule has 0 radical (unpaired) electrons. The molecule has 1 amide bonds. The van der Waals surface area contributed by atoms with Crippen LogP contribution >= 0.6 is 11.6 Å². The fourth-order valence-corrected chi connectivity index (χ4v) is 4.43. The maximum atomic E-state index is 12.6. The van der Waals surface area contributed by atoms with E-state index in [1.807, 2.05) is 24.3 Å². The molecule has 8 heteroatoms. The number of hydrogen-bond acceptors (Lipinski definition) is 6. The third-order valence-electron chi connectivity index (χ3n) is 5.95. The van der Waals surface area contributed by atoms with E-state index in [-0.39, 0.29) is 11.8 Å². The highest BCUT2D eigenvalue weighted by molar-refractivity contribution is 6.30. The van der Waals surface area contributed by atoms with Crippen LogP contribution in [0.5, 0.6) is 0 Å². The van der Waals surface area contributed by atoms with Gasteiger partial charge in [-0.1, -0.05) is 16.8 Å². The molecular weight excluding hydrogens is 402 g/mol. The van der Waals surface area contributed by atoms with Crippen LogP contribution in [0, 0.1) is 5.92 Å². The molecule has 1 atom stereocenters. The van der Waals surface area contributed by atoms with E-state index in [0.29, 0.717) is 23.3 Å². The Morgan fingerprint density at radius 2 is 1.90 bits per heavy atom. The molecule has 30 heavy (non-hydrogen) atoms. The molecule has 3 heterocycles. The fourth-order valence-electron chi connectivity index (χ4n) is 4.30. The van der Waals surface area contributed by atoms with Gasteiger partial charge in [0.05, 0.1) is 12.5 Å². The molecule has 1 aromatic carbocycles. The van der Waals surface area contributed by atoms with Crippen LogP contribution in [-0.4, -0.2) is 65.1 Å². The quantitative estimate of drug-likeness (QED) is 0.647. The monoisotopic (exact) mass is 431 g/mol. The molecule has 2 aliphatic heterocycles. The number of carbonyl (C=O) groups excluding carboxylic acids is 1. The Morgan fingerprint density at radius 1 is 1.13 bits per heavy atom. The second kappa shape index (κ2) is 10.4. The molecule has 1 N–H and O–H groups in total. The molecule has 2 fully saturated rings. The molecule has 0 saturated carbocycles. The summed E-state index contributed by atoms with van der Waals surface area (Å²) in [4.78, 5) is 21.8. The summed E-state index contributed by atoms with van der Waals surface area (Å²) in [5, 5.41) is 7.89. The zero-order valence-corrected chi connectivity index (χ0v) is 18.1. The van der Waals surface area contributed by atoms with Gasteiger partial charge in [-0.05, 0) is 82.5 Å². The van der Waals surface area contributed by atoms with Gasteiger partial charge in [0.1, 0.15) is 0 Å². The first-order valence-electron chi connectivity index (χ1n) is 11.0. The predicted octanol–water partition coefficient (Wildman–Crippen LogP) is 3.20. The zero-order valence-electron chi connectivity index (χ0n) is 17.4. The lowest BCUT2D eigenvalue weighted by Crippen LogP contribution is -2.43. The van der Waals surface area contributed by atoms with Gasteiger partial charge in [0.25, 0.3) is 0 Å². The molecule has 0 aliphatic carbocycles. The number of likely N-dealkylation sites (tertiary alicyclic amines) is 2. The smallest absolute Gasteiger partial charge is 0.241 e. The van der Waals surface area contributed by atoms with Crippen LogP contribution in [0.1, 0.15) is 38.0 Å². The average Bonchev–Trinajstić information content (AvgIpc) is 3.44. The van der Waals surface area contributed by atoms with Crippen molar-refractivity contribution in [2.24, 2.45) is 5.92 Å². The maximum Gasteiger partial charge on any atom is 0.241 e. The van der Waals surface area contributed by atoms with Gasteiger partial charge in [0.15, 0.2) is 0 Å². The van der Waals surface area contributed by atoms with E-state index in [0.717, 1.165) is 51.0 Å². The second-order valence-corrected chi connectivity index (χ2v) is 8.72. The Labute approximate surface area is 182 Å². The largest absolute Gasteiger partial charge is 0.356 e. The summed E-state index contributed by atoms with van der Waals surface area (Å²) in [7, 11) is 0. The van der Waals surface area contributed by atoms with Gasteiger partial charge in [0.2, 0.25) is 17.6 Å². The number of hydrogen-bond donors (Lipinski definition) is 1. The number of nitrogens with one attached hydrogen (secondary N) is 1. The standard InChI is InChI=1S/C22H30ClN5O2/c23-19-8-6-17(7-9-19)21-25-20(30-26-21)16-28-13-3-5-18(15-28)22(29)24-10-4-14-27-11-1-2-12-27/h6-9,18H,1-5,10-16H2,(H,24,29).